The van der Waals surface area contributed by atoms with Crippen LogP contribution in [0, 0.1) is 5.82 Å². The minimum absolute atomic E-state index is 0.281. The van der Waals surface area contributed by atoms with Gasteiger partial charge in [-0.3, -0.25) is 0 Å². The van der Waals surface area contributed by atoms with Crippen molar-refractivity contribution in [2.75, 3.05) is 0 Å². The molecule has 3 rings (SSSR count). The fourth-order valence-corrected chi connectivity index (χ4v) is 4.64. The molecule has 0 spiro atoms. The van der Waals surface area contributed by atoms with Crippen LogP contribution < -0.4 is 10.6 Å². The van der Waals surface area contributed by atoms with Crippen LogP contribution >= 0.6 is 7.14 Å². The molecule has 23 heavy (non-hydrogen) atoms. The lowest BCUT2D eigenvalue weighted by Crippen LogP contribution is -2.13. The van der Waals surface area contributed by atoms with Crippen LogP contribution in [0.1, 0.15) is 5.56 Å². The Morgan fingerprint density at radius 1 is 0.696 bits per heavy atom. The maximum Gasteiger partial charge on any atom is 0.164 e. The van der Waals surface area contributed by atoms with Crippen LogP contribution in [0.2, 0.25) is 0 Å². The Hall–Kier alpha value is -2.44. The minimum Gasteiger partial charge on any atom is -0.309 e. The Balaban J connectivity index is 2.06. The smallest absolute Gasteiger partial charge is 0.164 e. The quantitative estimate of drug-likeness (QED) is 0.630. The third kappa shape index (κ3) is 3.49. The molecule has 0 heterocycles. The van der Waals surface area contributed by atoms with Gasteiger partial charge in [0, 0.05) is 10.6 Å². The third-order valence-electron chi connectivity index (χ3n) is 3.63. The van der Waals surface area contributed by atoms with Crippen LogP contribution in [0.5, 0.6) is 0 Å². The third-order valence-corrected chi connectivity index (χ3v) is 6.33. The van der Waals surface area contributed by atoms with E-state index in [9.17, 15) is 8.96 Å². The molecule has 3 heteroatoms. The summed E-state index contributed by atoms with van der Waals surface area (Å²) in [6.07, 6.45) is 1.79. The van der Waals surface area contributed by atoms with Crippen LogP contribution in [0.25, 0.3) is 6.08 Å². The van der Waals surface area contributed by atoms with E-state index in [0.717, 1.165) is 16.2 Å². The molecule has 0 aromatic heterocycles. The lowest BCUT2D eigenvalue weighted by Gasteiger charge is -2.15. The van der Waals surface area contributed by atoms with Crippen molar-refractivity contribution in [3.63, 3.8) is 0 Å². The molecule has 0 saturated heterocycles. The summed E-state index contributed by atoms with van der Waals surface area (Å²) in [6, 6.07) is 25.0. The predicted octanol–water partition coefficient (Wildman–Crippen LogP) is 4.81. The molecule has 0 N–H and O–H groups in total. The molecule has 0 bridgehead atoms. The first-order valence-electron chi connectivity index (χ1n) is 7.34. The first kappa shape index (κ1) is 15.5. The van der Waals surface area contributed by atoms with E-state index in [0.29, 0.717) is 0 Å². The van der Waals surface area contributed by atoms with E-state index in [-0.39, 0.29) is 5.82 Å². The highest BCUT2D eigenvalue weighted by Crippen LogP contribution is 2.45. The first-order chi connectivity index (χ1) is 11.2. The van der Waals surface area contributed by atoms with Crippen molar-refractivity contribution in [1.82, 2.24) is 0 Å². The Kier molecular flexibility index (Phi) is 4.55. The van der Waals surface area contributed by atoms with Crippen LogP contribution in [0.3, 0.4) is 0 Å². The van der Waals surface area contributed by atoms with Gasteiger partial charge in [0.25, 0.3) is 0 Å². The number of benzene rings is 3. The average molecular weight is 322 g/mol. The van der Waals surface area contributed by atoms with Gasteiger partial charge in [0.2, 0.25) is 0 Å². The fraction of sp³-hybridized carbons (Fsp3) is 0. The maximum atomic E-state index is 13.7. The van der Waals surface area contributed by atoms with Crippen LogP contribution in [-0.2, 0) is 4.57 Å². The van der Waals surface area contributed by atoms with Crippen molar-refractivity contribution in [2.24, 2.45) is 0 Å². The lowest BCUT2D eigenvalue weighted by molar-refractivity contribution is 0.592. The van der Waals surface area contributed by atoms with Gasteiger partial charge in [-0.1, -0.05) is 78.9 Å². The largest absolute Gasteiger partial charge is 0.309 e. The standard InChI is InChI=1S/C20H16FOP/c21-18-13-11-17(12-14-18)15-16-23(22,19-7-3-1-4-8-19)20-9-5-2-6-10-20/h1-16H/b16-15+. The molecule has 1 nitrogen and oxygen atoms in total. The molecular weight excluding hydrogens is 306 g/mol. The summed E-state index contributed by atoms with van der Waals surface area (Å²) >= 11 is 0. The molecule has 0 radical (unpaired) electrons. The summed E-state index contributed by atoms with van der Waals surface area (Å²) in [5.74, 6) is 1.46. The zero-order valence-electron chi connectivity index (χ0n) is 12.5. The first-order valence-corrected chi connectivity index (χ1v) is 9.12. The van der Waals surface area contributed by atoms with Crippen LogP contribution in [-0.4, -0.2) is 0 Å². The topological polar surface area (TPSA) is 17.1 Å². The van der Waals surface area contributed by atoms with E-state index < -0.39 is 7.14 Å². The van der Waals surface area contributed by atoms with Crippen molar-refractivity contribution in [1.29, 1.82) is 0 Å². The van der Waals surface area contributed by atoms with E-state index in [1.54, 1.807) is 24.0 Å². The molecule has 0 atom stereocenters. The SMILES string of the molecule is O=P(/C=C/c1ccc(F)cc1)(c1ccccc1)c1ccccc1. The monoisotopic (exact) mass is 322 g/mol. The van der Waals surface area contributed by atoms with Gasteiger partial charge in [-0.05, 0) is 23.5 Å². The summed E-state index contributed by atoms with van der Waals surface area (Å²) in [4.78, 5) is 0. The Bertz CT molecular complexity index is 796. The van der Waals surface area contributed by atoms with Gasteiger partial charge in [-0.15, -0.1) is 0 Å². The fourth-order valence-electron chi connectivity index (χ4n) is 2.39. The molecule has 0 aliphatic carbocycles. The average Bonchev–Trinajstić information content (AvgIpc) is 2.62. The normalized spacial score (nSPS) is 11.7. The van der Waals surface area contributed by atoms with Gasteiger partial charge in [0.15, 0.2) is 7.14 Å². The molecule has 0 aliphatic heterocycles. The Morgan fingerprint density at radius 3 is 1.65 bits per heavy atom. The maximum absolute atomic E-state index is 13.7. The summed E-state index contributed by atoms with van der Waals surface area (Å²) < 4.78 is 26.7. The van der Waals surface area contributed by atoms with Gasteiger partial charge >= 0.3 is 0 Å². The molecule has 0 unspecified atom stereocenters. The second-order valence-electron chi connectivity index (χ2n) is 5.20. The number of rotatable bonds is 4. The summed E-state index contributed by atoms with van der Waals surface area (Å²) in [5, 5.41) is 1.56. The summed E-state index contributed by atoms with van der Waals surface area (Å²) in [5.41, 5.74) is 0.818. The van der Waals surface area contributed by atoms with Crippen molar-refractivity contribution >= 4 is 23.8 Å². The minimum atomic E-state index is -2.88. The second-order valence-corrected chi connectivity index (χ2v) is 7.84. The lowest BCUT2D eigenvalue weighted by atomic mass is 10.2. The molecule has 114 valence electrons. The molecule has 0 amide bonds. The van der Waals surface area contributed by atoms with Gasteiger partial charge < -0.3 is 4.57 Å². The molecule has 3 aromatic rings. The van der Waals surface area contributed by atoms with Crippen LogP contribution in [0.15, 0.2) is 90.7 Å². The van der Waals surface area contributed by atoms with Crippen LogP contribution in [0.4, 0.5) is 4.39 Å². The number of halogens is 1. The van der Waals surface area contributed by atoms with E-state index >= 15 is 0 Å². The highest BCUT2D eigenvalue weighted by atomic mass is 31.2. The van der Waals surface area contributed by atoms with E-state index in [2.05, 4.69) is 0 Å². The summed E-state index contributed by atoms with van der Waals surface area (Å²) in [6.45, 7) is 0. The van der Waals surface area contributed by atoms with E-state index in [1.165, 1.54) is 12.1 Å². The van der Waals surface area contributed by atoms with Gasteiger partial charge in [0.05, 0.1) is 0 Å². The van der Waals surface area contributed by atoms with Crippen molar-refractivity contribution in [3.8, 4) is 0 Å². The zero-order chi connectivity index (χ0) is 16.1. The van der Waals surface area contributed by atoms with E-state index in [1.807, 2.05) is 60.7 Å². The van der Waals surface area contributed by atoms with Crippen molar-refractivity contribution in [3.05, 3.63) is 102 Å². The second kappa shape index (κ2) is 6.76. The van der Waals surface area contributed by atoms with Crippen molar-refractivity contribution < 1.29 is 8.96 Å². The van der Waals surface area contributed by atoms with Gasteiger partial charge in [0.1, 0.15) is 5.82 Å². The molecule has 0 fully saturated rings. The Morgan fingerprint density at radius 2 is 1.17 bits per heavy atom. The van der Waals surface area contributed by atoms with Crippen molar-refractivity contribution in [2.45, 2.75) is 0 Å². The van der Waals surface area contributed by atoms with E-state index in [4.69, 9.17) is 0 Å². The summed E-state index contributed by atoms with van der Waals surface area (Å²) in [7, 11) is -2.88. The highest BCUT2D eigenvalue weighted by molar-refractivity contribution is 7.81. The molecule has 0 aliphatic rings. The van der Waals surface area contributed by atoms with Gasteiger partial charge in [-0.25, -0.2) is 4.39 Å². The van der Waals surface area contributed by atoms with Gasteiger partial charge in [-0.2, -0.15) is 0 Å². The zero-order valence-corrected chi connectivity index (χ0v) is 13.4. The molecule has 0 saturated carbocycles. The number of hydrogen-bond donors (Lipinski definition) is 0. The molecular formula is C20H16FOP. The predicted molar refractivity (Wildman–Crippen MR) is 95.2 cm³/mol. The highest BCUT2D eigenvalue weighted by Gasteiger charge is 2.23. The Labute approximate surface area is 135 Å². The number of hydrogen-bond acceptors (Lipinski definition) is 1. The molecule has 3 aromatic carbocycles.